The van der Waals surface area contributed by atoms with Crippen LogP contribution in [-0.2, 0) is 6.54 Å². The molecule has 0 spiro atoms. The zero-order valence-electron chi connectivity index (χ0n) is 10.3. The van der Waals surface area contributed by atoms with E-state index in [2.05, 4.69) is 10.3 Å². The van der Waals surface area contributed by atoms with Crippen molar-refractivity contribution < 1.29 is 5.11 Å². The molecule has 3 heteroatoms. The quantitative estimate of drug-likeness (QED) is 0.818. The fourth-order valence-electron chi connectivity index (χ4n) is 2.68. The Morgan fingerprint density at radius 1 is 1.24 bits per heavy atom. The fourth-order valence-corrected chi connectivity index (χ4v) is 2.68. The molecule has 1 saturated carbocycles. The van der Waals surface area contributed by atoms with E-state index in [0.29, 0.717) is 18.4 Å². The Morgan fingerprint density at radius 2 is 2.06 bits per heavy atom. The highest BCUT2D eigenvalue weighted by Gasteiger charge is 2.23. The van der Waals surface area contributed by atoms with Crippen LogP contribution in [0.15, 0.2) is 24.4 Å². The molecule has 0 radical (unpaired) electrons. The summed E-state index contributed by atoms with van der Waals surface area (Å²) >= 11 is 0. The maximum atomic E-state index is 9.34. The van der Waals surface area contributed by atoms with Crippen LogP contribution in [0.5, 0.6) is 0 Å². The van der Waals surface area contributed by atoms with E-state index < -0.39 is 0 Å². The molecule has 17 heavy (non-hydrogen) atoms. The molecule has 0 aliphatic heterocycles. The molecule has 1 aliphatic rings. The van der Waals surface area contributed by atoms with Gasteiger partial charge in [0.2, 0.25) is 0 Å². The first-order valence-electron chi connectivity index (χ1n) is 6.61. The number of hydrogen-bond acceptors (Lipinski definition) is 3. The van der Waals surface area contributed by atoms with Gasteiger partial charge < -0.3 is 10.4 Å². The van der Waals surface area contributed by atoms with Gasteiger partial charge in [-0.3, -0.25) is 4.98 Å². The van der Waals surface area contributed by atoms with Gasteiger partial charge in [-0.05, 0) is 43.4 Å². The van der Waals surface area contributed by atoms with Crippen LogP contribution >= 0.6 is 0 Å². The highest BCUT2D eigenvalue weighted by atomic mass is 16.3. The summed E-state index contributed by atoms with van der Waals surface area (Å²) in [4.78, 5) is 4.29. The van der Waals surface area contributed by atoms with E-state index in [1.165, 1.54) is 25.7 Å². The van der Waals surface area contributed by atoms with Gasteiger partial charge in [0.25, 0.3) is 0 Å². The summed E-state index contributed by atoms with van der Waals surface area (Å²) in [6, 6.07) is 5.99. The lowest BCUT2D eigenvalue weighted by molar-refractivity contribution is 0.133. The molecule has 1 fully saturated rings. The van der Waals surface area contributed by atoms with Gasteiger partial charge in [-0.25, -0.2) is 0 Å². The van der Waals surface area contributed by atoms with Crippen LogP contribution in [0.1, 0.15) is 31.4 Å². The van der Waals surface area contributed by atoms with Crippen molar-refractivity contribution in [2.45, 2.75) is 32.2 Å². The normalized spacial score (nSPS) is 24.8. The van der Waals surface area contributed by atoms with Crippen molar-refractivity contribution in [1.82, 2.24) is 10.3 Å². The van der Waals surface area contributed by atoms with Crippen LogP contribution in [-0.4, -0.2) is 23.2 Å². The SMILES string of the molecule is OCC1CCCCC1CNCc1ccccn1. The van der Waals surface area contributed by atoms with Crippen molar-refractivity contribution in [2.24, 2.45) is 11.8 Å². The summed E-state index contributed by atoms with van der Waals surface area (Å²) in [5.74, 6) is 1.14. The third-order valence-electron chi connectivity index (χ3n) is 3.74. The van der Waals surface area contributed by atoms with E-state index in [-0.39, 0.29) is 0 Å². The van der Waals surface area contributed by atoms with Crippen molar-refractivity contribution in [3.05, 3.63) is 30.1 Å². The average Bonchev–Trinajstić information content (AvgIpc) is 2.40. The minimum absolute atomic E-state index is 0.343. The first kappa shape index (κ1) is 12.5. The highest BCUT2D eigenvalue weighted by Crippen LogP contribution is 2.29. The van der Waals surface area contributed by atoms with Crippen molar-refractivity contribution in [3.8, 4) is 0 Å². The van der Waals surface area contributed by atoms with Crippen molar-refractivity contribution in [3.63, 3.8) is 0 Å². The maximum absolute atomic E-state index is 9.34. The largest absolute Gasteiger partial charge is 0.396 e. The number of rotatable bonds is 5. The van der Waals surface area contributed by atoms with Gasteiger partial charge >= 0.3 is 0 Å². The van der Waals surface area contributed by atoms with Crippen molar-refractivity contribution in [1.29, 1.82) is 0 Å². The zero-order valence-corrected chi connectivity index (χ0v) is 10.3. The summed E-state index contributed by atoms with van der Waals surface area (Å²) < 4.78 is 0. The monoisotopic (exact) mass is 234 g/mol. The van der Waals surface area contributed by atoms with Crippen molar-refractivity contribution in [2.75, 3.05) is 13.2 Å². The Labute approximate surface area is 103 Å². The van der Waals surface area contributed by atoms with Gasteiger partial charge in [0.05, 0.1) is 5.69 Å². The highest BCUT2D eigenvalue weighted by molar-refractivity contribution is 5.02. The second kappa shape index (κ2) is 6.72. The first-order valence-corrected chi connectivity index (χ1v) is 6.61. The zero-order chi connectivity index (χ0) is 11.9. The van der Waals surface area contributed by atoms with Gasteiger partial charge in [-0.15, -0.1) is 0 Å². The molecule has 94 valence electrons. The van der Waals surface area contributed by atoms with Gasteiger partial charge in [0, 0.05) is 19.3 Å². The molecule has 1 heterocycles. The first-order chi connectivity index (χ1) is 8.40. The topological polar surface area (TPSA) is 45.1 Å². The average molecular weight is 234 g/mol. The molecule has 2 rings (SSSR count). The van der Waals surface area contributed by atoms with Crippen LogP contribution in [0.3, 0.4) is 0 Å². The van der Waals surface area contributed by atoms with Gasteiger partial charge in [-0.2, -0.15) is 0 Å². The molecule has 0 aromatic carbocycles. The van der Waals surface area contributed by atoms with E-state index in [4.69, 9.17) is 0 Å². The van der Waals surface area contributed by atoms with E-state index in [1.54, 1.807) is 0 Å². The number of hydrogen-bond donors (Lipinski definition) is 2. The van der Waals surface area contributed by atoms with Crippen LogP contribution in [0, 0.1) is 11.8 Å². The molecule has 0 amide bonds. The predicted molar refractivity (Wildman–Crippen MR) is 68.5 cm³/mol. The summed E-state index contributed by atoms with van der Waals surface area (Å²) in [5.41, 5.74) is 1.09. The molecule has 1 aromatic heterocycles. The number of aromatic nitrogens is 1. The Morgan fingerprint density at radius 3 is 2.76 bits per heavy atom. The Balaban J connectivity index is 1.74. The standard InChI is InChI=1S/C14H22N2O/c17-11-13-6-2-1-5-12(13)9-15-10-14-7-3-4-8-16-14/h3-4,7-8,12-13,15,17H,1-2,5-6,9-11H2. The lowest BCUT2D eigenvalue weighted by Crippen LogP contribution is -2.32. The molecular weight excluding hydrogens is 212 g/mol. The molecule has 2 unspecified atom stereocenters. The summed E-state index contributed by atoms with van der Waals surface area (Å²) in [6.45, 7) is 2.17. The molecule has 1 aromatic rings. The van der Waals surface area contributed by atoms with E-state index >= 15 is 0 Å². The fraction of sp³-hybridized carbons (Fsp3) is 0.643. The molecule has 1 aliphatic carbocycles. The molecule has 0 bridgehead atoms. The van der Waals surface area contributed by atoms with Crippen molar-refractivity contribution >= 4 is 0 Å². The molecule has 0 saturated heterocycles. The van der Waals surface area contributed by atoms with Crippen LogP contribution in [0.4, 0.5) is 0 Å². The molecular formula is C14H22N2O. The lowest BCUT2D eigenvalue weighted by Gasteiger charge is -2.30. The van der Waals surface area contributed by atoms with Crippen LogP contribution in [0.25, 0.3) is 0 Å². The smallest absolute Gasteiger partial charge is 0.0541 e. The predicted octanol–water partition coefficient (Wildman–Crippen LogP) is 1.97. The number of nitrogens with zero attached hydrogens (tertiary/aromatic N) is 1. The third kappa shape index (κ3) is 3.79. The summed E-state index contributed by atoms with van der Waals surface area (Å²) in [7, 11) is 0. The van der Waals surface area contributed by atoms with Gasteiger partial charge in [-0.1, -0.05) is 18.9 Å². The second-order valence-corrected chi connectivity index (χ2v) is 4.94. The van der Waals surface area contributed by atoms with E-state index in [9.17, 15) is 5.11 Å². The van der Waals surface area contributed by atoms with Crippen LogP contribution < -0.4 is 5.32 Å². The number of aliphatic hydroxyl groups is 1. The summed E-state index contributed by atoms with van der Waals surface area (Å²) in [5, 5.41) is 12.8. The second-order valence-electron chi connectivity index (χ2n) is 4.94. The van der Waals surface area contributed by atoms with Gasteiger partial charge in [0.1, 0.15) is 0 Å². The molecule has 2 atom stereocenters. The van der Waals surface area contributed by atoms with E-state index in [0.717, 1.165) is 18.8 Å². The Kier molecular flexibility index (Phi) is 4.95. The number of aliphatic hydroxyl groups excluding tert-OH is 1. The Bertz CT molecular complexity index is 315. The molecule has 3 nitrogen and oxygen atoms in total. The number of pyridine rings is 1. The van der Waals surface area contributed by atoms with Gasteiger partial charge in [0.15, 0.2) is 0 Å². The molecule has 2 N–H and O–H groups in total. The Hall–Kier alpha value is -0.930. The maximum Gasteiger partial charge on any atom is 0.0541 e. The third-order valence-corrected chi connectivity index (χ3v) is 3.74. The van der Waals surface area contributed by atoms with E-state index in [1.807, 2.05) is 24.4 Å². The number of nitrogens with one attached hydrogen (secondary N) is 1. The summed E-state index contributed by atoms with van der Waals surface area (Å²) in [6.07, 6.45) is 6.86. The van der Waals surface area contributed by atoms with Crippen LogP contribution in [0.2, 0.25) is 0 Å². The minimum atomic E-state index is 0.343. The minimum Gasteiger partial charge on any atom is -0.396 e. The lowest BCUT2D eigenvalue weighted by atomic mass is 9.79.